The van der Waals surface area contributed by atoms with E-state index in [1.165, 1.54) is 23.9 Å². The minimum Gasteiger partial charge on any atom is -0.338 e. The van der Waals surface area contributed by atoms with E-state index in [1.807, 2.05) is 4.57 Å². The van der Waals surface area contributed by atoms with Crippen LogP contribution in [0.3, 0.4) is 0 Å². The van der Waals surface area contributed by atoms with Crippen LogP contribution in [0, 0.1) is 5.82 Å². The van der Waals surface area contributed by atoms with Gasteiger partial charge in [0, 0.05) is 11.6 Å². The molecule has 114 valence electrons. The number of rotatable bonds is 5. The van der Waals surface area contributed by atoms with Crippen molar-refractivity contribution in [2.24, 2.45) is 0 Å². The van der Waals surface area contributed by atoms with Crippen molar-refractivity contribution in [3.05, 3.63) is 42.3 Å². The molecule has 0 aliphatic heterocycles. The molecule has 0 amide bonds. The van der Waals surface area contributed by atoms with Crippen LogP contribution in [-0.2, 0) is 5.75 Å². The van der Waals surface area contributed by atoms with Gasteiger partial charge in [-0.25, -0.2) is 4.39 Å². The Labute approximate surface area is 130 Å². The Morgan fingerprint density at radius 1 is 1.27 bits per heavy atom. The van der Waals surface area contributed by atoms with Crippen LogP contribution in [0.2, 0.25) is 0 Å². The van der Waals surface area contributed by atoms with E-state index in [4.69, 9.17) is 4.52 Å². The molecule has 6 nitrogen and oxygen atoms in total. The Kier molecular flexibility index (Phi) is 4.19. The summed E-state index contributed by atoms with van der Waals surface area (Å²) in [4.78, 5) is 4.31. The lowest BCUT2D eigenvalue weighted by Crippen LogP contribution is -2.00. The number of hydrogen-bond acceptors (Lipinski definition) is 6. The molecule has 0 atom stereocenters. The van der Waals surface area contributed by atoms with E-state index >= 15 is 0 Å². The van der Waals surface area contributed by atoms with Gasteiger partial charge in [-0.05, 0) is 38.1 Å². The van der Waals surface area contributed by atoms with Crippen LogP contribution in [0.4, 0.5) is 4.39 Å². The second-order valence-electron chi connectivity index (χ2n) is 4.92. The zero-order valence-corrected chi connectivity index (χ0v) is 12.9. The summed E-state index contributed by atoms with van der Waals surface area (Å²) in [6, 6.07) is 6.25. The summed E-state index contributed by atoms with van der Waals surface area (Å²) >= 11 is 1.48. The molecule has 0 N–H and O–H groups in total. The zero-order chi connectivity index (χ0) is 15.5. The Morgan fingerprint density at radius 2 is 2.05 bits per heavy atom. The molecule has 0 bridgehead atoms. The fourth-order valence-electron chi connectivity index (χ4n) is 1.85. The summed E-state index contributed by atoms with van der Waals surface area (Å²) in [7, 11) is 0. The van der Waals surface area contributed by atoms with Crippen molar-refractivity contribution in [2.75, 3.05) is 0 Å². The van der Waals surface area contributed by atoms with Gasteiger partial charge in [0.1, 0.15) is 12.1 Å². The molecular formula is C14H14FN5OS. The van der Waals surface area contributed by atoms with E-state index in [-0.39, 0.29) is 11.9 Å². The van der Waals surface area contributed by atoms with Crippen molar-refractivity contribution in [1.82, 2.24) is 24.9 Å². The van der Waals surface area contributed by atoms with Gasteiger partial charge in [-0.1, -0.05) is 16.9 Å². The number of nitrogens with zero attached hydrogens (tertiary/aromatic N) is 5. The van der Waals surface area contributed by atoms with Crippen LogP contribution in [0.25, 0.3) is 11.4 Å². The van der Waals surface area contributed by atoms with Crippen LogP contribution < -0.4 is 0 Å². The van der Waals surface area contributed by atoms with Crippen LogP contribution in [0.5, 0.6) is 0 Å². The van der Waals surface area contributed by atoms with Crippen molar-refractivity contribution in [3.63, 3.8) is 0 Å². The molecule has 22 heavy (non-hydrogen) atoms. The largest absolute Gasteiger partial charge is 0.338 e. The number of aromatic nitrogens is 5. The lowest BCUT2D eigenvalue weighted by Gasteiger charge is -2.07. The first-order valence-corrected chi connectivity index (χ1v) is 7.73. The minimum absolute atomic E-state index is 0.287. The highest BCUT2D eigenvalue weighted by atomic mass is 32.2. The van der Waals surface area contributed by atoms with E-state index in [0.717, 1.165) is 5.16 Å². The van der Waals surface area contributed by atoms with Crippen molar-refractivity contribution >= 4 is 11.8 Å². The van der Waals surface area contributed by atoms with Gasteiger partial charge in [-0.2, -0.15) is 4.98 Å². The highest BCUT2D eigenvalue weighted by Gasteiger charge is 2.12. The molecule has 2 aromatic heterocycles. The van der Waals surface area contributed by atoms with Crippen molar-refractivity contribution < 1.29 is 8.91 Å². The maximum absolute atomic E-state index is 12.9. The summed E-state index contributed by atoms with van der Waals surface area (Å²) < 4.78 is 20.1. The highest BCUT2D eigenvalue weighted by molar-refractivity contribution is 7.98. The molecule has 0 aliphatic carbocycles. The first kappa shape index (κ1) is 14.7. The minimum atomic E-state index is -0.295. The van der Waals surface area contributed by atoms with E-state index in [2.05, 4.69) is 34.2 Å². The van der Waals surface area contributed by atoms with E-state index in [9.17, 15) is 4.39 Å². The van der Waals surface area contributed by atoms with Crippen molar-refractivity contribution in [2.45, 2.75) is 30.8 Å². The summed E-state index contributed by atoms with van der Waals surface area (Å²) in [5, 5.41) is 12.7. The van der Waals surface area contributed by atoms with Gasteiger partial charge >= 0.3 is 0 Å². The van der Waals surface area contributed by atoms with Crippen LogP contribution in [0.1, 0.15) is 25.8 Å². The Hall–Kier alpha value is -2.22. The van der Waals surface area contributed by atoms with Crippen LogP contribution >= 0.6 is 11.8 Å². The molecule has 1 aromatic carbocycles. The van der Waals surface area contributed by atoms with E-state index < -0.39 is 0 Å². The molecule has 3 rings (SSSR count). The number of halogens is 1. The monoisotopic (exact) mass is 319 g/mol. The standard InChI is InChI=1S/C14H14FN5OS/c1-9(2)20-8-16-18-14(20)22-7-12-17-13(19-21-12)10-3-5-11(15)6-4-10/h3-6,8-9H,7H2,1-2H3. The molecule has 0 saturated heterocycles. The van der Waals surface area contributed by atoms with Gasteiger partial charge in [0.2, 0.25) is 11.7 Å². The molecule has 3 aromatic rings. The second kappa shape index (κ2) is 6.27. The number of hydrogen-bond donors (Lipinski definition) is 0. The fraction of sp³-hybridized carbons (Fsp3) is 0.286. The molecule has 0 radical (unpaired) electrons. The highest BCUT2D eigenvalue weighted by Crippen LogP contribution is 2.24. The molecule has 0 aliphatic rings. The zero-order valence-electron chi connectivity index (χ0n) is 12.1. The third-order valence-corrected chi connectivity index (χ3v) is 3.93. The fourth-order valence-corrected chi connectivity index (χ4v) is 2.73. The van der Waals surface area contributed by atoms with Gasteiger partial charge < -0.3 is 9.09 Å². The summed E-state index contributed by atoms with van der Waals surface area (Å²) in [5.74, 6) is 1.14. The van der Waals surface area contributed by atoms with Gasteiger partial charge in [-0.15, -0.1) is 10.2 Å². The van der Waals surface area contributed by atoms with E-state index in [1.54, 1.807) is 18.5 Å². The van der Waals surface area contributed by atoms with Gasteiger partial charge in [0.25, 0.3) is 0 Å². The van der Waals surface area contributed by atoms with Crippen molar-refractivity contribution in [1.29, 1.82) is 0 Å². The molecule has 0 unspecified atom stereocenters. The van der Waals surface area contributed by atoms with Crippen LogP contribution in [-0.4, -0.2) is 24.9 Å². The molecule has 8 heteroatoms. The normalized spacial score (nSPS) is 11.3. The molecule has 2 heterocycles. The lowest BCUT2D eigenvalue weighted by atomic mass is 10.2. The molecule has 0 fully saturated rings. The maximum atomic E-state index is 12.9. The topological polar surface area (TPSA) is 69.6 Å². The SMILES string of the molecule is CC(C)n1cnnc1SCc1nc(-c2ccc(F)cc2)no1. The number of benzene rings is 1. The molecular weight excluding hydrogens is 305 g/mol. The van der Waals surface area contributed by atoms with E-state index in [0.29, 0.717) is 23.0 Å². The second-order valence-corrected chi connectivity index (χ2v) is 5.86. The first-order valence-electron chi connectivity index (χ1n) is 6.74. The van der Waals surface area contributed by atoms with Gasteiger partial charge in [-0.3, -0.25) is 0 Å². The smallest absolute Gasteiger partial charge is 0.237 e. The number of thioether (sulfide) groups is 1. The predicted molar refractivity (Wildman–Crippen MR) is 79.7 cm³/mol. The molecule has 0 spiro atoms. The average Bonchev–Trinajstić information content (AvgIpc) is 3.15. The predicted octanol–water partition coefficient (Wildman–Crippen LogP) is 3.34. The Bertz CT molecular complexity index is 753. The first-order chi connectivity index (χ1) is 10.6. The third kappa shape index (κ3) is 3.16. The van der Waals surface area contributed by atoms with Gasteiger partial charge in [0.15, 0.2) is 5.16 Å². The molecule has 0 saturated carbocycles. The van der Waals surface area contributed by atoms with Crippen molar-refractivity contribution in [3.8, 4) is 11.4 Å². The average molecular weight is 319 g/mol. The summed E-state index contributed by atoms with van der Waals surface area (Å²) in [6.07, 6.45) is 1.70. The quantitative estimate of drug-likeness (QED) is 0.672. The summed E-state index contributed by atoms with van der Waals surface area (Å²) in [5.41, 5.74) is 0.715. The Balaban J connectivity index is 1.69. The summed E-state index contributed by atoms with van der Waals surface area (Å²) in [6.45, 7) is 4.12. The van der Waals surface area contributed by atoms with Crippen LogP contribution in [0.15, 0.2) is 40.3 Å². The van der Waals surface area contributed by atoms with Gasteiger partial charge in [0.05, 0.1) is 5.75 Å². The lowest BCUT2D eigenvalue weighted by molar-refractivity contribution is 0.391. The third-order valence-electron chi connectivity index (χ3n) is 2.99. The Morgan fingerprint density at radius 3 is 2.77 bits per heavy atom. The maximum Gasteiger partial charge on any atom is 0.237 e.